The van der Waals surface area contributed by atoms with Crippen molar-refractivity contribution >= 4 is 52.0 Å². The number of halogens is 2. The van der Waals surface area contributed by atoms with E-state index in [9.17, 15) is 40.5 Å². The predicted molar refractivity (Wildman–Crippen MR) is 148 cm³/mol. The normalized spacial score (nSPS) is 10.5. The van der Waals surface area contributed by atoms with Gasteiger partial charge in [-0.3, -0.25) is 45.4 Å². The lowest BCUT2D eigenvalue weighted by Gasteiger charge is -2.19. The van der Waals surface area contributed by atoms with E-state index in [0.29, 0.717) is 5.56 Å². The molecule has 0 saturated heterocycles. The summed E-state index contributed by atoms with van der Waals surface area (Å²) in [4.78, 5) is 43.0. The van der Waals surface area contributed by atoms with Crippen LogP contribution in [-0.2, 0) is 9.47 Å². The molecule has 0 aromatic heterocycles. The molecule has 0 bridgehead atoms. The molecule has 220 valence electrons. The molecule has 0 aliphatic rings. The highest BCUT2D eigenvalue weighted by Crippen LogP contribution is 2.33. The van der Waals surface area contributed by atoms with Crippen LogP contribution in [0.5, 0.6) is 0 Å². The summed E-state index contributed by atoms with van der Waals surface area (Å²) in [6.07, 6.45) is 2.84. The largest absolute Gasteiger partial charge is 0.383 e. The predicted octanol–water partition coefficient (Wildman–Crippen LogP) is 5.28. The summed E-state index contributed by atoms with van der Waals surface area (Å²) in [7, 11) is 10.5. The fourth-order valence-corrected chi connectivity index (χ4v) is 3.26. The van der Waals surface area contributed by atoms with Gasteiger partial charge in [-0.1, -0.05) is 23.2 Å². The van der Waals surface area contributed by atoms with Gasteiger partial charge in [-0.05, 0) is 45.4 Å². The van der Waals surface area contributed by atoms with Crippen LogP contribution in [-0.4, -0.2) is 78.3 Å². The maximum atomic E-state index is 10.8. The summed E-state index contributed by atoms with van der Waals surface area (Å²) < 4.78 is 9.73. The average Bonchev–Trinajstić information content (AvgIpc) is 2.83. The first-order chi connectivity index (χ1) is 18.5. The zero-order valence-corrected chi connectivity index (χ0v) is 24.1. The first kappa shape index (κ1) is 36.0. The summed E-state index contributed by atoms with van der Waals surface area (Å²) in [6, 6.07) is 4.13. The van der Waals surface area contributed by atoms with Crippen LogP contribution in [0.15, 0.2) is 30.5 Å². The van der Waals surface area contributed by atoms with E-state index < -0.39 is 31.1 Å². The van der Waals surface area contributed by atoms with E-state index in [-0.39, 0.29) is 33.4 Å². The summed E-state index contributed by atoms with van der Waals surface area (Å²) in [5.41, 5.74) is -1.09. The molecule has 0 fully saturated rings. The fraction of sp³-hybridized carbons (Fsp3) is 0.364. The Bertz CT molecular complexity index is 1220. The van der Waals surface area contributed by atoms with Gasteiger partial charge in [0.05, 0.1) is 37.4 Å². The van der Waals surface area contributed by atoms with E-state index in [1.165, 1.54) is 25.1 Å². The molecule has 0 spiro atoms. The first-order valence-electron chi connectivity index (χ1n) is 10.8. The van der Waals surface area contributed by atoms with Crippen molar-refractivity contribution in [2.24, 2.45) is 0 Å². The number of ether oxygens (including phenoxy) is 2. The standard InChI is InChI=1S/C10H10ClN3O4.C7H5ClN2O4.C5H13NO2/c1-12(2)4-3-7-5-8(11)10(14(17)18)6-9(7)13(15)16;1-4-2-5(8)7(10(13)14)3-6(4)9(11)12;1-6(2)5(7-3)8-4/h3-6H,1-2H3;2-3H,1H3;5H,1-4H3/b4-3+;;. The fourth-order valence-electron chi connectivity index (χ4n) is 2.73. The Labute approximate surface area is 238 Å². The van der Waals surface area contributed by atoms with Crippen molar-refractivity contribution in [3.8, 4) is 0 Å². The maximum absolute atomic E-state index is 10.8. The molecule has 16 nitrogen and oxygen atoms in total. The second-order valence-corrected chi connectivity index (χ2v) is 8.82. The minimum atomic E-state index is -0.755. The molecule has 0 heterocycles. The third kappa shape index (κ3) is 11.4. The first-order valence-corrected chi connectivity index (χ1v) is 11.5. The molecule has 0 unspecified atom stereocenters. The number of benzene rings is 2. The third-order valence-corrected chi connectivity index (χ3v) is 5.13. The summed E-state index contributed by atoms with van der Waals surface area (Å²) in [5.74, 6) is 0. The molecule has 0 atom stereocenters. The van der Waals surface area contributed by atoms with Crippen molar-refractivity contribution < 1.29 is 29.2 Å². The van der Waals surface area contributed by atoms with E-state index in [4.69, 9.17) is 32.7 Å². The second-order valence-electron chi connectivity index (χ2n) is 8.00. The highest BCUT2D eigenvalue weighted by Gasteiger charge is 2.23. The van der Waals surface area contributed by atoms with Crippen molar-refractivity contribution in [1.82, 2.24) is 9.80 Å². The van der Waals surface area contributed by atoms with Crippen LogP contribution in [0, 0.1) is 47.4 Å². The summed E-state index contributed by atoms with van der Waals surface area (Å²) in [5, 5.41) is 42.1. The van der Waals surface area contributed by atoms with Crippen molar-refractivity contribution in [2.45, 2.75) is 13.3 Å². The quantitative estimate of drug-likeness (QED) is 0.203. The van der Waals surface area contributed by atoms with Crippen molar-refractivity contribution in [3.63, 3.8) is 0 Å². The Morgan fingerprint density at radius 3 is 1.45 bits per heavy atom. The van der Waals surface area contributed by atoms with Gasteiger partial charge >= 0.3 is 0 Å². The highest BCUT2D eigenvalue weighted by molar-refractivity contribution is 6.33. The maximum Gasteiger partial charge on any atom is 0.294 e. The number of aryl methyl sites for hydroxylation is 1. The molecule has 2 rings (SSSR count). The van der Waals surface area contributed by atoms with Crippen molar-refractivity contribution in [1.29, 1.82) is 0 Å². The lowest BCUT2D eigenvalue weighted by atomic mass is 10.1. The number of nitro benzene ring substituents is 4. The van der Waals surface area contributed by atoms with E-state index >= 15 is 0 Å². The molecule has 2 aromatic rings. The molecule has 2 aromatic carbocycles. The van der Waals surface area contributed by atoms with Crippen LogP contribution >= 0.6 is 23.2 Å². The topological polar surface area (TPSA) is 198 Å². The van der Waals surface area contributed by atoms with Crippen LogP contribution in [0.1, 0.15) is 11.1 Å². The molecular weight excluding hydrogens is 579 g/mol. The van der Waals surface area contributed by atoms with Gasteiger partial charge in [0.25, 0.3) is 22.7 Å². The SMILES string of the molecule is CN(C)/C=C/c1cc(Cl)c([N+](=O)[O-])cc1[N+](=O)[O-].COC(OC)N(C)C.Cc1cc(Cl)c([N+](=O)[O-])cc1[N+](=O)[O-]. The average molecular weight is 607 g/mol. The monoisotopic (exact) mass is 606 g/mol. The zero-order chi connectivity index (χ0) is 31.3. The number of hydrogen-bond donors (Lipinski definition) is 0. The molecule has 0 radical (unpaired) electrons. The Hall–Kier alpha value is -3.96. The van der Waals surface area contributed by atoms with Crippen LogP contribution in [0.3, 0.4) is 0 Å². The van der Waals surface area contributed by atoms with Crippen LogP contribution < -0.4 is 0 Å². The molecule has 40 heavy (non-hydrogen) atoms. The lowest BCUT2D eigenvalue weighted by molar-refractivity contribution is -0.394. The molecule has 0 saturated carbocycles. The van der Waals surface area contributed by atoms with Gasteiger partial charge in [0.1, 0.15) is 10.0 Å². The molecule has 0 aliphatic heterocycles. The molecule has 0 N–H and O–H groups in total. The van der Waals surface area contributed by atoms with Crippen molar-refractivity contribution in [3.05, 3.63) is 92.1 Å². The zero-order valence-electron chi connectivity index (χ0n) is 22.6. The summed E-state index contributed by atoms with van der Waals surface area (Å²) in [6.45, 7) is 1.47. The van der Waals surface area contributed by atoms with Gasteiger partial charge in [-0.2, -0.15) is 0 Å². The van der Waals surface area contributed by atoms with Gasteiger partial charge in [0, 0.05) is 33.9 Å². The van der Waals surface area contributed by atoms with Gasteiger partial charge in [-0.25, -0.2) is 0 Å². The van der Waals surface area contributed by atoms with Crippen LogP contribution in [0.4, 0.5) is 22.7 Å². The summed E-state index contributed by atoms with van der Waals surface area (Å²) >= 11 is 11.2. The molecule has 0 aliphatic carbocycles. The minimum absolute atomic E-state index is 0.0990. The lowest BCUT2D eigenvalue weighted by Crippen LogP contribution is -2.30. The van der Waals surface area contributed by atoms with Gasteiger partial charge in [-0.15, -0.1) is 0 Å². The number of nitro groups is 4. The number of nitrogens with zero attached hydrogens (tertiary/aromatic N) is 6. The highest BCUT2D eigenvalue weighted by atomic mass is 35.5. The Balaban J connectivity index is 0.000000614. The van der Waals surface area contributed by atoms with Crippen LogP contribution in [0.2, 0.25) is 10.0 Å². The van der Waals surface area contributed by atoms with E-state index in [1.807, 2.05) is 19.0 Å². The van der Waals surface area contributed by atoms with Crippen molar-refractivity contribution in [2.75, 3.05) is 42.4 Å². The van der Waals surface area contributed by atoms with E-state index in [1.54, 1.807) is 39.4 Å². The molecular formula is C22H28Cl2N6O10. The van der Waals surface area contributed by atoms with E-state index in [2.05, 4.69) is 0 Å². The Morgan fingerprint density at radius 1 is 0.725 bits per heavy atom. The number of methoxy groups -OCH3 is 2. The Morgan fingerprint density at radius 2 is 1.12 bits per heavy atom. The minimum Gasteiger partial charge on any atom is -0.383 e. The molecule has 18 heteroatoms. The Kier molecular flexibility index (Phi) is 15.2. The van der Waals surface area contributed by atoms with Gasteiger partial charge in [0.2, 0.25) is 6.41 Å². The number of rotatable bonds is 9. The number of hydrogen-bond acceptors (Lipinski definition) is 12. The third-order valence-electron chi connectivity index (χ3n) is 4.53. The van der Waals surface area contributed by atoms with Gasteiger partial charge in [0.15, 0.2) is 0 Å². The second kappa shape index (κ2) is 16.9. The van der Waals surface area contributed by atoms with Gasteiger partial charge < -0.3 is 14.4 Å². The van der Waals surface area contributed by atoms with E-state index in [0.717, 1.165) is 12.1 Å². The smallest absolute Gasteiger partial charge is 0.294 e. The molecule has 0 amide bonds. The van der Waals surface area contributed by atoms with Crippen LogP contribution in [0.25, 0.3) is 6.08 Å².